The van der Waals surface area contributed by atoms with E-state index in [-0.39, 0.29) is 5.75 Å². The fourth-order valence-corrected chi connectivity index (χ4v) is 2.62. The third-order valence-electron chi connectivity index (χ3n) is 4.00. The minimum Gasteiger partial charge on any atom is -0.502 e. The molecule has 1 saturated heterocycles. The average molecular weight is 340 g/mol. The van der Waals surface area contributed by atoms with E-state index in [1.54, 1.807) is 14.2 Å². The first-order valence-electron chi connectivity index (χ1n) is 8.69. The van der Waals surface area contributed by atoms with E-state index in [1.165, 1.54) is 0 Å². The predicted octanol–water partition coefficient (Wildman–Crippen LogP) is 2.59. The molecule has 24 heavy (non-hydrogen) atoms. The van der Waals surface area contributed by atoms with Crippen LogP contribution in [0.3, 0.4) is 0 Å². The summed E-state index contributed by atoms with van der Waals surface area (Å²) in [7, 11) is 3.09. The van der Waals surface area contributed by atoms with Crippen LogP contribution in [-0.2, 0) is 4.74 Å². The maximum Gasteiger partial charge on any atom is 0.200 e. The van der Waals surface area contributed by atoms with Crippen molar-refractivity contribution in [1.29, 1.82) is 0 Å². The van der Waals surface area contributed by atoms with E-state index < -0.39 is 0 Å². The van der Waals surface area contributed by atoms with Crippen LogP contribution >= 0.6 is 0 Å². The molecule has 2 rings (SSSR count). The molecule has 0 bridgehead atoms. The van der Waals surface area contributed by atoms with E-state index >= 15 is 0 Å². The minimum atomic E-state index is 0.0398. The molecule has 1 aromatic carbocycles. The fourth-order valence-electron chi connectivity index (χ4n) is 2.62. The maximum atomic E-state index is 10.0. The van der Waals surface area contributed by atoms with Gasteiger partial charge in [-0.05, 0) is 6.92 Å². The number of rotatable bonds is 7. The summed E-state index contributed by atoms with van der Waals surface area (Å²) in [5.74, 6) is 0.899. The van der Waals surface area contributed by atoms with E-state index in [4.69, 9.17) is 14.2 Å². The monoisotopic (exact) mass is 340 g/mol. The fraction of sp³-hybridized carbons (Fsp3) is 0.667. The van der Waals surface area contributed by atoms with Crippen LogP contribution in [0.2, 0.25) is 0 Å². The molecule has 0 unspecified atom stereocenters. The van der Waals surface area contributed by atoms with E-state index in [0.717, 1.165) is 51.6 Å². The smallest absolute Gasteiger partial charge is 0.200 e. The second kappa shape index (κ2) is 11.0. The van der Waals surface area contributed by atoms with Gasteiger partial charge in [0.1, 0.15) is 0 Å². The summed E-state index contributed by atoms with van der Waals surface area (Å²) in [5.41, 5.74) is 0.988. The van der Waals surface area contributed by atoms with Crippen molar-refractivity contribution in [3.05, 3.63) is 12.1 Å². The molecule has 1 aliphatic rings. The van der Waals surface area contributed by atoms with Crippen molar-refractivity contribution in [3.8, 4) is 17.2 Å². The highest BCUT2D eigenvalue weighted by Crippen LogP contribution is 2.40. The van der Waals surface area contributed by atoms with Gasteiger partial charge in [-0.2, -0.15) is 0 Å². The van der Waals surface area contributed by atoms with Crippen LogP contribution in [0.25, 0.3) is 0 Å². The number of aromatic hydroxyl groups is 1. The third-order valence-corrected chi connectivity index (χ3v) is 4.00. The summed E-state index contributed by atoms with van der Waals surface area (Å²) in [6.45, 7) is 12.5. The third kappa shape index (κ3) is 5.46. The van der Waals surface area contributed by atoms with Crippen LogP contribution in [0, 0.1) is 0 Å². The molecule has 0 atom stereocenters. The number of hydrogen-bond donors (Lipinski definition) is 1. The highest BCUT2D eigenvalue weighted by atomic mass is 16.5. The molecule has 0 aliphatic carbocycles. The number of likely N-dealkylation sites (N-methyl/N-ethyl adjacent to an activating group) is 1. The Morgan fingerprint density at radius 3 is 2.12 bits per heavy atom. The highest BCUT2D eigenvalue weighted by Gasteiger charge is 2.16. The van der Waals surface area contributed by atoms with Crippen molar-refractivity contribution in [1.82, 2.24) is 4.90 Å². The first kappa shape index (κ1) is 20.4. The zero-order chi connectivity index (χ0) is 17.9. The van der Waals surface area contributed by atoms with Crippen molar-refractivity contribution < 1.29 is 19.3 Å². The standard InChI is InChI=1S/C16H26N2O4.C2H6/c1-4-18(6-5-17-7-9-22-10-8-17)13-11-14(20-2)16(19)15(12-13)21-3;1-2/h11-12,19H,4-10H2,1-3H3;1-2H3. The van der Waals surface area contributed by atoms with Gasteiger partial charge in [-0.15, -0.1) is 0 Å². The summed E-state index contributed by atoms with van der Waals surface area (Å²) >= 11 is 0. The van der Waals surface area contributed by atoms with Gasteiger partial charge in [-0.3, -0.25) is 4.90 Å². The molecule has 0 spiro atoms. The number of ether oxygens (including phenoxy) is 3. The van der Waals surface area contributed by atoms with Gasteiger partial charge in [0.05, 0.1) is 27.4 Å². The first-order chi connectivity index (χ1) is 11.7. The van der Waals surface area contributed by atoms with Gasteiger partial charge in [-0.25, -0.2) is 0 Å². The van der Waals surface area contributed by atoms with Gasteiger partial charge in [0.15, 0.2) is 11.5 Å². The number of hydrogen-bond acceptors (Lipinski definition) is 6. The summed E-state index contributed by atoms with van der Waals surface area (Å²) in [5, 5.41) is 10.0. The predicted molar refractivity (Wildman–Crippen MR) is 97.7 cm³/mol. The van der Waals surface area contributed by atoms with Crippen LogP contribution < -0.4 is 14.4 Å². The van der Waals surface area contributed by atoms with Crippen LogP contribution in [-0.4, -0.2) is 70.2 Å². The lowest BCUT2D eigenvalue weighted by molar-refractivity contribution is 0.0392. The van der Waals surface area contributed by atoms with Crippen molar-refractivity contribution in [3.63, 3.8) is 0 Å². The zero-order valence-electron chi connectivity index (χ0n) is 15.7. The number of benzene rings is 1. The molecule has 138 valence electrons. The maximum absolute atomic E-state index is 10.0. The number of methoxy groups -OCH3 is 2. The first-order valence-corrected chi connectivity index (χ1v) is 8.69. The van der Waals surface area contributed by atoms with Gasteiger partial charge < -0.3 is 24.2 Å². The van der Waals surface area contributed by atoms with Crippen molar-refractivity contribution in [2.24, 2.45) is 0 Å². The molecule has 0 radical (unpaired) electrons. The average Bonchev–Trinajstić information content (AvgIpc) is 2.65. The topological polar surface area (TPSA) is 54.4 Å². The van der Waals surface area contributed by atoms with E-state index in [9.17, 15) is 5.11 Å². The second-order valence-corrected chi connectivity index (χ2v) is 5.23. The van der Waals surface area contributed by atoms with Crippen molar-refractivity contribution in [2.45, 2.75) is 20.8 Å². The quantitative estimate of drug-likeness (QED) is 0.823. The minimum absolute atomic E-state index is 0.0398. The molecule has 1 N–H and O–H groups in total. The zero-order valence-corrected chi connectivity index (χ0v) is 15.7. The van der Waals surface area contributed by atoms with Crippen LogP contribution in [0.4, 0.5) is 5.69 Å². The Bertz CT molecular complexity index is 451. The van der Waals surface area contributed by atoms with Crippen LogP contribution in [0.5, 0.6) is 17.2 Å². The summed E-state index contributed by atoms with van der Waals surface area (Å²) in [4.78, 5) is 4.65. The molecular formula is C18H32N2O4. The molecule has 0 aromatic heterocycles. The van der Waals surface area contributed by atoms with Crippen molar-refractivity contribution in [2.75, 3.05) is 65.1 Å². The number of anilines is 1. The highest BCUT2D eigenvalue weighted by molar-refractivity contribution is 5.63. The summed E-state index contributed by atoms with van der Waals surface area (Å²) in [6.07, 6.45) is 0. The number of nitrogens with zero attached hydrogens (tertiary/aromatic N) is 2. The van der Waals surface area contributed by atoms with Crippen LogP contribution in [0.1, 0.15) is 20.8 Å². The lowest BCUT2D eigenvalue weighted by Crippen LogP contribution is -2.41. The lowest BCUT2D eigenvalue weighted by atomic mass is 10.2. The molecular weight excluding hydrogens is 308 g/mol. The Balaban J connectivity index is 0.00000139. The van der Waals surface area contributed by atoms with Gasteiger partial charge in [0.25, 0.3) is 0 Å². The van der Waals surface area contributed by atoms with Gasteiger partial charge in [-0.1, -0.05) is 13.8 Å². The molecule has 1 aromatic rings. The normalized spacial score (nSPS) is 14.5. The SMILES string of the molecule is CC.CCN(CCN1CCOCC1)c1cc(OC)c(O)c(OC)c1. The summed E-state index contributed by atoms with van der Waals surface area (Å²) < 4.78 is 15.8. The van der Waals surface area contributed by atoms with E-state index in [2.05, 4.69) is 16.7 Å². The summed E-state index contributed by atoms with van der Waals surface area (Å²) in [6, 6.07) is 3.70. The largest absolute Gasteiger partial charge is 0.502 e. The van der Waals surface area contributed by atoms with Crippen molar-refractivity contribution >= 4 is 5.69 Å². The number of phenolic OH excluding ortho intramolecular Hbond substituents is 1. The molecule has 0 amide bonds. The molecule has 0 saturated carbocycles. The number of phenols is 1. The number of morpholine rings is 1. The van der Waals surface area contributed by atoms with Gasteiger partial charge >= 0.3 is 0 Å². The Labute approximate surface area is 145 Å². The Morgan fingerprint density at radius 1 is 1.12 bits per heavy atom. The Kier molecular flexibility index (Phi) is 9.34. The molecule has 6 nitrogen and oxygen atoms in total. The van der Waals surface area contributed by atoms with E-state index in [0.29, 0.717) is 11.5 Å². The molecule has 6 heteroatoms. The van der Waals surface area contributed by atoms with E-state index in [1.807, 2.05) is 26.0 Å². The van der Waals surface area contributed by atoms with Crippen LogP contribution in [0.15, 0.2) is 12.1 Å². The lowest BCUT2D eigenvalue weighted by Gasteiger charge is -2.31. The van der Waals surface area contributed by atoms with Gasteiger partial charge in [0, 0.05) is 50.5 Å². The molecule has 1 aliphatic heterocycles. The Hall–Kier alpha value is -1.66. The second-order valence-electron chi connectivity index (χ2n) is 5.23. The Morgan fingerprint density at radius 2 is 1.67 bits per heavy atom. The molecule has 1 fully saturated rings. The van der Waals surface area contributed by atoms with Gasteiger partial charge in [0.2, 0.25) is 5.75 Å². The molecule has 1 heterocycles.